The quantitative estimate of drug-likeness (QED) is 0.394. The van der Waals surface area contributed by atoms with Crippen molar-refractivity contribution in [1.82, 2.24) is 26.2 Å². The Morgan fingerprint density at radius 2 is 2.03 bits per heavy atom. The Labute approximate surface area is 205 Å². The number of fused-ring (bicyclic) bond motifs is 1. The first-order chi connectivity index (χ1) is 16.7. The largest absolute Gasteiger partial charge is 0.495 e. The maximum Gasteiger partial charge on any atom is 0.199 e. The van der Waals surface area contributed by atoms with E-state index in [0.717, 1.165) is 30.0 Å². The lowest BCUT2D eigenvalue weighted by Gasteiger charge is -2.35. The second-order valence-electron chi connectivity index (χ2n) is 9.10. The molecular formula is C25H38N7OP. The second kappa shape index (κ2) is 11.9. The Bertz CT molecular complexity index is 911. The van der Waals surface area contributed by atoms with Crippen LogP contribution >= 0.6 is 7.92 Å². The van der Waals surface area contributed by atoms with Crippen molar-refractivity contribution < 1.29 is 4.74 Å². The van der Waals surface area contributed by atoms with E-state index in [0.29, 0.717) is 11.6 Å². The lowest BCUT2D eigenvalue weighted by Crippen LogP contribution is -2.60. The van der Waals surface area contributed by atoms with Gasteiger partial charge in [-0.25, -0.2) is 4.99 Å². The van der Waals surface area contributed by atoms with E-state index >= 15 is 0 Å². The summed E-state index contributed by atoms with van der Waals surface area (Å²) in [5.74, 6) is 1.45. The van der Waals surface area contributed by atoms with E-state index in [1.807, 2.05) is 0 Å². The van der Waals surface area contributed by atoms with Crippen molar-refractivity contribution >= 4 is 13.9 Å². The third-order valence-corrected chi connectivity index (χ3v) is 9.52. The van der Waals surface area contributed by atoms with E-state index < -0.39 is 0 Å². The fraction of sp³-hybridized carbons (Fsp3) is 0.600. The van der Waals surface area contributed by atoms with Crippen LogP contribution in [0.15, 0.2) is 52.5 Å². The highest BCUT2D eigenvalue weighted by Crippen LogP contribution is 2.45. The number of nitrogens with one attached hydrogen (secondary N) is 4. The molecule has 1 fully saturated rings. The molecule has 184 valence electrons. The maximum absolute atomic E-state index is 9.53. The molecule has 8 nitrogen and oxygen atoms in total. The number of hydrogen-bond acceptors (Lipinski definition) is 8. The van der Waals surface area contributed by atoms with Crippen LogP contribution in [0, 0.1) is 17.2 Å². The average Bonchev–Trinajstić information content (AvgIpc) is 3.17. The van der Waals surface area contributed by atoms with Gasteiger partial charge in [-0.05, 0) is 50.4 Å². The van der Waals surface area contributed by atoms with Gasteiger partial charge in [-0.1, -0.05) is 33.9 Å². The molecule has 0 bridgehead atoms. The van der Waals surface area contributed by atoms with Crippen molar-refractivity contribution in [3.05, 3.63) is 47.5 Å². The Hall–Kier alpha value is -2.33. The number of ether oxygens (including phenoxy) is 1. The van der Waals surface area contributed by atoms with Gasteiger partial charge >= 0.3 is 0 Å². The molecule has 1 saturated heterocycles. The maximum atomic E-state index is 9.53. The van der Waals surface area contributed by atoms with Crippen molar-refractivity contribution in [2.45, 2.75) is 44.7 Å². The van der Waals surface area contributed by atoms with Gasteiger partial charge in [0.05, 0.1) is 36.5 Å². The highest BCUT2D eigenvalue weighted by molar-refractivity contribution is 7.59. The van der Waals surface area contributed by atoms with Crippen LogP contribution in [0.5, 0.6) is 0 Å². The fourth-order valence-electron chi connectivity index (χ4n) is 4.96. The molecule has 9 heteroatoms. The first-order valence-electron chi connectivity index (χ1n) is 12.5. The van der Waals surface area contributed by atoms with Crippen LogP contribution in [0.3, 0.4) is 0 Å². The molecule has 3 heterocycles. The Kier molecular flexibility index (Phi) is 8.66. The first kappa shape index (κ1) is 24.8. The summed E-state index contributed by atoms with van der Waals surface area (Å²) in [6, 6.07) is 2.31. The zero-order valence-electron chi connectivity index (χ0n) is 20.6. The van der Waals surface area contributed by atoms with E-state index in [1.54, 1.807) is 13.3 Å². The van der Waals surface area contributed by atoms with E-state index in [2.05, 4.69) is 70.4 Å². The number of aliphatic imine (C=N–C) groups is 1. The minimum atomic E-state index is -0.172. The van der Waals surface area contributed by atoms with E-state index in [1.165, 1.54) is 38.4 Å². The van der Waals surface area contributed by atoms with E-state index in [4.69, 9.17) is 9.73 Å². The predicted molar refractivity (Wildman–Crippen MR) is 139 cm³/mol. The summed E-state index contributed by atoms with van der Waals surface area (Å²) >= 11 is 0. The number of methoxy groups -OCH3 is 1. The van der Waals surface area contributed by atoms with Crippen LogP contribution in [0.1, 0.15) is 26.7 Å². The van der Waals surface area contributed by atoms with Crippen LogP contribution in [-0.2, 0) is 4.74 Å². The van der Waals surface area contributed by atoms with Gasteiger partial charge in [0.25, 0.3) is 0 Å². The number of hydrogen-bond donors (Lipinski definition) is 4. The molecule has 0 spiro atoms. The summed E-state index contributed by atoms with van der Waals surface area (Å²) in [4.78, 5) is 7.42. The highest BCUT2D eigenvalue weighted by atomic mass is 31.1. The summed E-state index contributed by atoms with van der Waals surface area (Å²) in [6.07, 6.45) is 15.3. The van der Waals surface area contributed by atoms with Gasteiger partial charge in [-0.15, -0.1) is 0 Å². The average molecular weight is 484 g/mol. The molecule has 0 aromatic heterocycles. The van der Waals surface area contributed by atoms with Gasteiger partial charge in [0, 0.05) is 24.9 Å². The second-order valence-corrected chi connectivity index (χ2v) is 11.8. The van der Waals surface area contributed by atoms with Gasteiger partial charge < -0.3 is 25.6 Å². The third kappa shape index (κ3) is 5.66. The van der Waals surface area contributed by atoms with Gasteiger partial charge in [0.2, 0.25) is 0 Å². The van der Waals surface area contributed by atoms with Crippen LogP contribution in [0.4, 0.5) is 0 Å². The molecule has 4 unspecified atom stereocenters. The van der Waals surface area contributed by atoms with Crippen LogP contribution in [0.25, 0.3) is 0 Å². The monoisotopic (exact) mass is 483 g/mol. The topological polar surface area (TPSA) is 96.7 Å². The number of rotatable bonds is 8. The summed E-state index contributed by atoms with van der Waals surface area (Å²) in [7, 11) is 1.65. The number of guanidine groups is 1. The molecule has 4 atom stereocenters. The molecule has 0 amide bonds. The minimum Gasteiger partial charge on any atom is -0.495 e. The molecule has 0 aromatic rings. The van der Waals surface area contributed by atoms with Crippen LogP contribution < -0.4 is 21.3 Å². The Balaban J connectivity index is 1.45. The van der Waals surface area contributed by atoms with Gasteiger partial charge in [-0.2, -0.15) is 5.26 Å². The Morgan fingerprint density at radius 3 is 2.74 bits per heavy atom. The summed E-state index contributed by atoms with van der Waals surface area (Å²) in [6.45, 7) is 8.91. The molecule has 4 rings (SSSR count). The summed E-state index contributed by atoms with van der Waals surface area (Å²) < 4.78 is 5.73. The zero-order valence-corrected chi connectivity index (χ0v) is 21.4. The molecule has 4 aliphatic rings. The molecule has 0 radical (unpaired) electrons. The normalized spacial score (nSPS) is 29.4. The summed E-state index contributed by atoms with van der Waals surface area (Å²) in [5, 5.41) is 23.3. The number of allylic oxidation sites excluding steroid dienone is 4. The van der Waals surface area contributed by atoms with Crippen molar-refractivity contribution in [3.8, 4) is 6.07 Å². The lowest BCUT2D eigenvalue weighted by atomic mass is 9.95. The molecule has 0 saturated carbocycles. The lowest BCUT2D eigenvalue weighted by molar-refractivity contribution is 0.299. The standard InChI is InChI=1S/C25H38N7OP/c1-4-10-27-23-22-18(16-26)17-28-24(22)31-25(30-23)29-20-8-6-19(7-9-21(20)33-3)34-14-12-32(11-5-2)13-15-34/h6-9,17,19,22-24,27-28H,4-5,10-15H2,1-3H3,(H2,29,30,31). The SMILES string of the molecule is CCCNC1NC(NC2=C(OC)C=CC(P3CCN(CCC)CC3)C=C2)=NC2NC=C(C#N)C21. The fourth-order valence-corrected chi connectivity index (χ4v) is 7.52. The molecule has 1 aliphatic carbocycles. The molecule has 0 aromatic carbocycles. The third-order valence-electron chi connectivity index (χ3n) is 6.78. The van der Waals surface area contributed by atoms with Crippen LogP contribution in [-0.4, -0.2) is 74.5 Å². The molecule has 4 N–H and O–H groups in total. The smallest absolute Gasteiger partial charge is 0.199 e. The van der Waals surface area contributed by atoms with Crippen molar-refractivity contribution in [1.29, 1.82) is 5.26 Å². The minimum absolute atomic E-state index is 0.0340. The number of nitrogens with zero attached hydrogens (tertiary/aromatic N) is 3. The van der Waals surface area contributed by atoms with Crippen molar-refractivity contribution in [2.24, 2.45) is 10.9 Å². The Morgan fingerprint density at radius 1 is 1.24 bits per heavy atom. The van der Waals surface area contributed by atoms with Crippen molar-refractivity contribution in [3.63, 3.8) is 0 Å². The van der Waals surface area contributed by atoms with E-state index in [9.17, 15) is 5.26 Å². The number of nitriles is 1. The zero-order chi connectivity index (χ0) is 23.9. The van der Waals surface area contributed by atoms with E-state index in [-0.39, 0.29) is 26.2 Å². The van der Waals surface area contributed by atoms with Gasteiger partial charge in [-0.3, -0.25) is 5.32 Å². The molecule has 34 heavy (non-hydrogen) atoms. The predicted octanol–water partition coefficient (Wildman–Crippen LogP) is 2.37. The highest BCUT2D eigenvalue weighted by Gasteiger charge is 2.40. The first-order valence-corrected chi connectivity index (χ1v) is 14.3. The molecular weight excluding hydrogens is 445 g/mol. The van der Waals surface area contributed by atoms with Crippen LogP contribution in [0.2, 0.25) is 0 Å². The van der Waals surface area contributed by atoms with Crippen molar-refractivity contribution in [2.75, 3.05) is 45.6 Å². The van der Waals surface area contributed by atoms with Gasteiger partial charge in [0.1, 0.15) is 11.9 Å². The molecule has 3 aliphatic heterocycles. The summed E-state index contributed by atoms with van der Waals surface area (Å²) in [5.41, 5.74) is 2.08. The van der Waals surface area contributed by atoms with Gasteiger partial charge in [0.15, 0.2) is 5.96 Å².